The molecule has 0 spiro atoms. The summed E-state index contributed by atoms with van der Waals surface area (Å²) >= 11 is 6.18. The normalized spacial score (nSPS) is 10.7. The van der Waals surface area contributed by atoms with Crippen LogP contribution in [-0.4, -0.2) is 6.54 Å². The van der Waals surface area contributed by atoms with Gasteiger partial charge in [0.25, 0.3) is 0 Å². The molecule has 0 radical (unpaired) electrons. The summed E-state index contributed by atoms with van der Waals surface area (Å²) in [6.45, 7) is 6.65. The molecule has 0 bridgehead atoms. The van der Waals surface area contributed by atoms with E-state index in [9.17, 15) is 0 Å². The third-order valence-corrected chi connectivity index (χ3v) is 3.92. The Morgan fingerprint density at radius 1 is 1.00 bits per heavy atom. The lowest BCUT2D eigenvalue weighted by atomic mass is 10.1. The minimum atomic E-state index is 0.641. The van der Waals surface area contributed by atoms with Crippen LogP contribution in [0.3, 0.4) is 0 Å². The van der Waals surface area contributed by atoms with E-state index in [4.69, 9.17) is 22.1 Å². The number of rotatable bonds is 4. The molecule has 0 fully saturated rings. The first-order chi connectivity index (χ1) is 9.51. The van der Waals surface area contributed by atoms with Crippen LogP contribution in [0.15, 0.2) is 30.3 Å². The smallest absolute Gasteiger partial charge is 0.130 e. The first-order valence-electron chi connectivity index (χ1n) is 6.75. The van der Waals surface area contributed by atoms with Gasteiger partial charge in [-0.25, -0.2) is 0 Å². The van der Waals surface area contributed by atoms with Crippen molar-refractivity contribution in [1.29, 1.82) is 0 Å². The summed E-state index contributed by atoms with van der Waals surface area (Å²) in [6.07, 6.45) is 0.856. The van der Waals surface area contributed by atoms with Crippen LogP contribution in [0.25, 0.3) is 0 Å². The lowest BCUT2D eigenvalue weighted by Crippen LogP contribution is -2.03. The van der Waals surface area contributed by atoms with Crippen LogP contribution < -0.4 is 10.5 Å². The molecule has 3 heteroatoms. The van der Waals surface area contributed by atoms with Crippen LogP contribution in [-0.2, 0) is 6.42 Å². The Balaban J connectivity index is 2.32. The molecule has 0 atom stereocenters. The van der Waals surface area contributed by atoms with Crippen LogP contribution in [0.1, 0.15) is 22.3 Å². The molecule has 0 aliphatic rings. The average Bonchev–Trinajstić information content (AvgIpc) is 2.40. The molecule has 0 aliphatic heterocycles. The minimum absolute atomic E-state index is 0.641. The fraction of sp³-hybridized carbons (Fsp3) is 0.294. The number of nitrogens with two attached hydrogens (primary N) is 1. The summed E-state index contributed by atoms with van der Waals surface area (Å²) in [5.41, 5.74) is 9.95. The SMILES string of the molecule is Cc1ccc(CCN)cc1Oc1cc(C)c(Cl)c(C)c1. The Morgan fingerprint density at radius 2 is 1.65 bits per heavy atom. The standard InChI is InChI=1S/C17H20ClNO/c1-11-4-5-14(6-7-19)10-16(11)20-15-8-12(2)17(18)13(3)9-15/h4-5,8-10H,6-7,19H2,1-3H3. The number of aryl methyl sites for hydroxylation is 3. The fourth-order valence-corrected chi connectivity index (χ4v) is 2.28. The van der Waals surface area contributed by atoms with Crippen molar-refractivity contribution in [3.05, 3.63) is 57.6 Å². The Kier molecular flexibility index (Phi) is 4.69. The zero-order valence-electron chi connectivity index (χ0n) is 12.2. The third kappa shape index (κ3) is 3.33. The first kappa shape index (κ1) is 14.9. The highest BCUT2D eigenvalue weighted by Crippen LogP contribution is 2.31. The van der Waals surface area contributed by atoms with Crippen LogP contribution >= 0.6 is 11.6 Å². The van der Waals surface area contributed by atoms with Gasteiger partial charge in [0.05, 0.1) is 0 Å². The van der Waals surface area contributed by atoms with E-state index in [1.54, 1.807) is 0 Å². The van der Waals surface area contributed by atoms with Crippen LogP contribution in [0.4, 0.5) is 0 Å². The molecule has 106 valence electrons. The quantitative estimate of drug-likeness (QED) is 0.895. The summed E-state index contributed by atoms with van der Waals surface area (Å²) in [4.78, 5) is 0. The predicted molar refractivity (Wildman–Crippen MR) is 84.9 cm³/mol. The van der Waals surface area contributed by atoms with Gasteiger partial charge < -0.3 is 10.5 Å². The molecule has 0 saturated carbocycles. The molecule has 0 amide bonds. The summed E-state index contributed by atoms with van der Waals surface area (Å²) in [7, 11) is 0. The van der Waals surface area contributed by atoms with Gasteiger partial charge in [-0.3, -0.25) is 0 Å². The molecule has 0 saturated heterocycles. The van der Waals surface area contributed by atoms with Crippen molar-refractivity contribution in [3.8, 4) is 11.5 Å². The largest absolute Gasteiger partial charge is 0.457 e. The maximum absolute atomic E-state index is 6.18. The van der Waals surface area contributed by atoms with Gasteiger partial charge in [0.1, 0.15) is 11.5 Å². The van der Waals surface area contributed by atoms with E-state index in [1.165, 1.54) is 5.56 Å². The van der Waals surface area contributed by atoms with Crippen molar-refractivity contribution >= 4 is 11.6 Å². The topological polar surface area (TPSA) is 35.2 Å². The van der Waals surface area contributed by atoms with E-state index in [2.05, 4.69) is 18.2 Å². The van der Waals surface area contributed by atoms with Gasteiger partial charge in [0, 0.05) is 5.02 Å². The molecule has 2 aromatic carbocycles. The second-order valence-corrected chi connectivity index (χ2v) is 5.49. The Morgan fingerprint density at radius 3 is 2.25 bits per heavy atom. The number of benzene rings is 2. The fourth-order valence-electron chi connectivity index (χ4n) is 2.17. The first-order valence-corrected chi connectivity index (χ1v) is 7.13. The Hall–Kier alpha value is -1.51. The summed E-state index contributed by atoms with van der Waals surface area (Å²) < 4.78 is 6.01. The van der Waals surface area contributed by atoms with Gasteiger partial charge in [-0.2, -0.15) is 0 Å². The van der Waals surface area contributed by atoms with Gasteiger partial charge in [-0.05, 0) is 74.2 Å². The highest BCUT2D eigenvalue weighted by molar-refractivity contribution is 6.32. The Bertz CT molecular complexity index is 599. The molecule has 2 nitrogen and oxygen atoms in total. The molecule has 0 heterocycles. The lowest BCUT2D eigenvalue weighted by Gasteiger charge is -2.13. The molecule has 0 aliphatic carbocycles. The van der Waals surface area contributed by atoms with Crippen molar-refractivity contribution in [2.75, 3.05) is 6.54 Å². The van der Waals surface area contributed by atoms with Gasteiger partial charge in [0.2, 0.25) is 0 Å². The van der Waals surface area contributed by atoms with Crippen molar-refractivity contribution in [2.24, 2.45) is 5.73 Å². The van der Waals surface area contributed by atoms with Crippen molar-refractivity contribution in [2.45, 2.75) is 27.2 Å². The monoisotopic (exact) mass is 289 g/mol. The maximum Gasteiger partial charge on any atom is 0.130 e. The second-order valence-electron chi connectivity index (χ2n) is 5.11. The van der Waals surface area contributed by atoms with Crippen LogP contribution in [0.5, 0.6) is 11.5 Å². The van der Waals surface area contributed by atoms with Gasteiger partial charge >= 0.3 is 0 Å². The van der Waals surface area contributed by atoms with Crippen LogP contribution in [0.2, 0.25) is 5.02 Å². The maximum atomic E-state index is 6.18. The molecule has 20 heavy (non-hydrogen) atoms. The lowest BCUT2D eigenvalue weighted by molar-refractivity contribution is 0.477. The van der Waals surface area contributed by atoms with Crippen LogP contribution in [0, 0.1) is 20.8 Å². The minimum Gasteiger partial charge on any atom is -0.457 e. The molecular weight excluding hydrogens is 270 g/mol. The zero-order valence-corrected chi connectivity index (χ0v) is 12.9. The summed E-state index contributed by atoms with van der Waals surface area (Å²) in [5, 5.41) is 0.797. The molecule has 0 aromatic heterocycles. The predicted octanol–water partition coefficient (Wildman–Crippen LogP) is 4.56. The van der Waals surface area contributed by atoms with Gasteiger partial charge in [-0.1, -0.05) is 23.7 Å². The second kappa shape index (κ2) is 6.29. The van der Waals surface area contributed by atoms with E-state index in [1.807, 2.05) is 32.9 Å². The van der Waals surface area contributed by atoms with E-state index >= 15 is 0 Å². The van der Waals surface area contributed by atoms with Crippen molar-refractivity contribution < 1.29 is 4.74 Å². The van der Waals surface area contributed by atoms with E-state index in [0.29, 0.717) is 6.54 Å². The highest BCUT2D eigenvalue weighted by Gasteiger charge is 2.07. The summed E-state index contributed by atoms with van der Waals surface area (Å²) in [6, 6.07) is 10.1. The highest BCUT2D eigenvalue weighted by atomic mass is 35.5. The van der Waals surface area contributed by atoms with Crippen molar-refractivity contribution in [1.82, 2.24) is 0 Å². The zero-order chi connectivity index (χ0) is 14.7. The van der Waals surface area contributed by atoms with Gasteiger partial charge in [-0.15, -0.1) is 0 Å². The molecule has 2 rings (SSSR count). The Labute approximate surface area is 125 Å². The number of ether oxygens (including phenoxy) is 1. The van der Waals surface area contributed by atoms with E-state index < -0.39 is 0 Å². The molecule has 2 aromatic rings. The number of halogens is 1. The van der Waals surface area contributed by atoms with Crippen molar-refractivity contribution in [3.63, 3.8) is 0 Å². The number of hydrogen-bond donors (Lipinski definition) is 1. The molecular formula is C17H20ClNO. The van der Waals surface area contributed by atoms with Gasteiger partial charge in [0.15, 0.2) is 0 Å². The molecule has 0 unspecified atom stereocenters. The molecule has 2 N–H and O–H groups in total. The summed E-state index contributed by atoms with van der Waals surface area (Å²) in [5.74, 6) is 1.69. The average molecular weight is 290 g/mol. The number of hydrogen-bond acceptors (Lipinski definition) is 2. The van der Waals surface area contributed by atoms with E-state index in [0.717, 1.165) is 39.6 Å². The van der Waals surface area contributed by atoms with E-state index in [-0.39, 0.29) is 0 Å². The third-order valence-electron chi connectivity index (χ3n) is 3.32.